The summed E-state index contributed by atoms with van der Waals surface area (Å²) < 4.78 is 0.996. The lowest BCUT2D eigenvalue weighted by Crippen LogP contribution is -2.26. The third-order valence-corrected chi connectivity index (χ3v) is 5.35. The molecular formula is C16H19NO2S. The fourth-order valence-electron chi connectivity index (χ4n) is 3.01. The molecule has 1 aromatic heterocycles. The van der Waals surface area contributed by atoms with Crippen molar-refractivity contribution in [3.05, 3.63) is 28.3 Å². The second-order valence-electron chi connectivity index (χ2n) is 6.72. The highest BCUT2D eigenvalue weighted by molar-refractivity contribution is 7.20. The van der Waals surface area contributed by atoms with E-state index >= 15 is 0 Å². The monoisotopic (exact) mass is 289 g/mol. The number of carboxylic acid groups (broad SMARTS) is 1. The molecule has 1 N–H and O–H groups in total. The Morgan fingerprint density at radius 2 is 2.10 bits per heavy atom. The molecule has 0 radical (unpaired) electrons. The normalized spacial score (nSPS) is 19.1. The first-order valence-electron chi connectivity index (χ1n) is 7.00. The predicted molar refractivity (Wildman–Crippen MR) is 81.5 cm³/mol. The third-order valence-electron chi connectivity index (χ3n) is 4.35. The molecule has 2 aromatic rings. The van der Waals surface area contributed by atoms with Gasteiger partial charge in [-0.15, -0.1) is 11.3 Å². The number of benzene rings is 1. The standard InChI is InChI=1S/C16H19NO2S/c1-16(2,3)11-5-4-9-8-13-12(7-10(9)6-11)17-14(20-13)15(18)19/h7-8,11H,4-6H2,1-3H3,(H,18,19)/t11-/m0/s1. The molecular weight excluding hydrogens is 270 g/mol. The fourth-order valence-corrected chi connectivity index (χ4v) is 3.86. The van der Waals surface area contributed by atoms with E-state index in [4.69, 9.17) is 5.11 Å². The molecule has 0 aliphatic heterocycles. The average molecular weight is 289 g/mol. The van der Waals surface area contributed by atoms with Crippen molar-refractivity contribution in [3.8, 4) is 0 Å². The molecule has 0 bridgehead atoms. The first kappa shape index (κ1) is 13.6. The first-order valence-corrected chi connectivity index (χ1v) is 7.82. The van der Waals surface area contributed by atoms with Crippen LogP contribution in [-0.4, -0.2) is 16.1 Å². The molecule has 0 spiro atoms. The van der Waals surface area contributed by atoms with Gasteiger partial charge in [0.05, 0.1) is 10.2 Å². The van der Waals surface area contributed by atoms with Gasteiger partial charge in [-0.25, -0.2) is 9.78 Å². The Morgan fingerprint density at radius 1 is 1.35 bits per heavy atom. The summed E-state index contributed by atoms with van der Waals surface area (Å²) in [4.78, 5) is 15.2. The van der Waals surface area contributed by atoms with E-state index in [1.165, 1.54) is 28.9 Å². The molecule has 3 rings (SSSR count). The van der Waals surface area contributed by atoms with Crippen molar-refractivity contribution in [1.29, 1.82) is 0 Å². The highest BCUT2D eigenvalue weighted by Gasteiger charge is 2.29. The summed E-state index contributed by atoms with van der Waals surface area (Å²) in [6, 6.07) is 4.25. The smallest absolute Gasteiger partial charge is 0.365 e. The van der Waals surface area contributed by atoms with Crippen LogP contribution in [0.2, 0.25) is 0 Å². The summed E-state index contributed by atoms with van der Waals surface area (Å²) >= 11 is 1.27. The molecule has 1 aliphatic rings. The summed E-state index contributed by atoms with van der Waals surface area (Å²) in [5, 5.41) is 9.24. The quantitative estimate of drug-likeness (QED) is 0.858. The number of hydrogen-bond donors (Lipinski definition) is 1. The number of carbonyl (C=O) groups is 1. The van der Waals surface area contributed by atoms with Gasteiger partial charge in [0.25, 0.3) is 0 Å². The predicted octanol–water partition coefficient (Wildman–Crippen LogP) is 4.15. The van der Waals surface area contributed by atoms with Gasteiger partial charge in [0.2, 0.25) is 5.01 Å². The molecule has 106 valence electrons. The van der Waals surface area contributed by atoms with Crippen molar-refractivity contribution in [2.45, 2.75) is 40.0 Å². The molecule has 0 fully saturated rings. The summed E-state index contributed by atoms with van der Waals surface area (Å²) in [6.45, 7) is 6.89. The van der Waals surface area contributed by atoms with Crippen molar-refractivity contribution >= 4 is 27.5 Å². The van der Waals surface area contributed by atoms with Gasteiger partial charge in [-0.05, 0) is 53.9 Å². The van der Waals surface area contributed by atoms with Crippen LogP contribution in [0.25, 0.3) is 10.2 Å². The molecule has 3 nitrogen and oxygen atoms in total. The zero-order valence-electron chi connectivity index (χ0n) is 12.1. The number of aromatic nitrogens is 1. The van der Waals surface area contributed by atoms with Crippen LogP contribution >= 0.6 is 11.3 Å². The summed E-state index contributed by atoms with van der Waals surface area (Å²) in [6.07, 6.45) is 3.38. The van der Waals surface area contributed by atoms with Crippen molar-refractivity contribution in [2.24, 2.45) is 11.3 Å². The molecule has 0 amide bonds. The zero-order valence-corrected chi connectivity index (χ0v) is 12.9. The van der Waals surface area contributed by atoms with Gasteiger partial charge in [0, 0.05) is 0 Å². The number of nitrogens with zero attached hydrogens (tertiary/aromatic N) is 1. The lowest BCUT2D eigenvalue weighted by molar-refractivity contribution is 0.0696. The van der Waals surface area contributed by atoms with Gasteiger partial charge in [-0.2, -0.15) is 0 Å². The maximum atomic E-state index is 11.0. The van der Waals surface area contributed by atoms with E-state index in [0.717, 1.165) is 23.1 Å². The zero-order chi connectivity index (χ0) is 14.5. The maximum absolute atomic E-state index is 11.0. The molecule has 0 saturated carbocycles. The lowest BCUT2D eigenvalue weighted by Gasteiger charge is -2.35. The van der Waals surface area contributed by atoms with Crippen LogP contribution in [0.5, 0.6) is 0 Å². The van der Waals surface area contributed by atoms with Gasteiger partial charge >= 0.3 is 5.97 Å². The summed E-state index contributed by atoms with van der Waals surface area (Å²) in [7, 11) is 0. The third kappa shape index (κ3) is 2.33. The Labute approximate surface area is 122 Å². The minimum absolute atomic E-state index is 0.190. The van der Waals surface area contributed by atoms with E-state index in [9.17, 15) is 4.79 Å². The molecule has 1 atom stereocenters. The SMILES string of the molecule is CC(C)(C)[C@H]1CCc2cc3sc(C(=O)O)nc3cc2C1. The summed E-state index contributed by atoms with van der Waals surface area (Å²) in [5.41, 5.74) is 3.88. The minimum Gasteiger partial charge on any atom is -0.476 e. The average Bonchev–Trinajstić information content (AvgIpc) is 2.77. The van der Waals surface area contributed by atoms with Crippen molar-refractivity contribution in [1.82, 2.24) is 4.98 Å². The van der Waals surface area contributed by atoms with Crippen LogP contribution in [0.1, 0.15) is 48.1 Å². The van der Waals surface area contributed by atoms with Crippen LogP contribution in [0.3, 0.4) is 0 Å². The first-order chi connectivity index (χ1) is 9.34. The highest BCUT2D eigenvalue weighted by Crippen LogP contribution is 2.39. The number of fused-ring (bicyclic) bond motifs is 2. The number of thiazole rings is 1. The maximum Gasteiger partial charge on any atom is 0.365 e. The number of carboxylic acids is 1. The minimum atomic E-state index is -0.934. The fraction of sp³-hybridized carbons (Fsp3) is 0.500. The van der Waals surface area contributed by atoms with E-state index < -0.39 is 5.97 Å². The van der Waals surface area contributed by atoms with E-state index in [2.05, 4.69) is 37.9 Å². The van der Waals surface area contributed by atoms with Crippen LogP contribution in [0.4, 0.5) is 0 Å². The molecule has 1 heterocycles. The Bertz CT molecular complexity index is 682. The molecule has 4 heteroatoms. The largest absolute Gasteiger partial charge is 0.476 e. The Balaban J connectivity index is 2.02. The van der Waals surface area contributed by atoms with Crippen LogP contribution in [-0.2, 0) is 12.8 Å². The molecule has 0 saturated heterocycles. The van der Waals surface area contributed by atoms with Gasteiger partial charge in [0.15, 0.2) is 0 Å². The van der Waals surface area contributed by atoms with Gasteiger partial charge in [-0.3, -0.25) is 0 Å². The summed E-state index contributed by atoms with van der Waals surface area (Å²) in [5.74, 6) is -0.248. The van der Waals surface area contributed by atoms with Crippen LogP contribution in [0.15, 0.2) is 12.1 Å². The van der Waals surface area contributed by atoms with Gasteiger partial charge < -0.3 is 5.11 Å². The second kappa shape index (κ2) is 4.55. The Morgan fingerprint density at radius 3 is 2.75 bits per heavy atom. The molecule has 1 aliphatic carbocycles. The molecule has 0 unspecified atom stereocenters. The van der Waals surface area contributed by atoms with E-state index in [-0.39, 0.29) is 5.01 Å². The van der Waals surface area contributed by atoms with E-state index in [0.29, 0.717) is 11.3 Å². The van der Waals surface area contributed by atoms with E-state index in [1.54, 1.807) is 0 Å². The van der Waals surface area contributed by atoms with E-state index in [1.807, 2.05) is 0 Å². The highest BCUT2D eigenvalue weighted by atomic mass is 32.1. The number of aromatic carboxylic acids is 1. The molecule has 1 aromatic carbocycles. The van der Waals surface area contributed by atoms with Gasteiger partial charge in [0.1, 0.15) is 0 Å². The molecule has 20 heavy (non-hydrogen) atoms. The van der Waals surface area contributed by atoms with Crippen molar-refractivity contribution in [3.63, 3.8) is 0 Å². The Kier molecular flexibility index (Phi) is 3.09. The van der Waals surface area contributed by atoms with Crippen molar-refractivity contribution in [2.75, 3.05) is 0 Å². The van der Waals surface area contributed by atoms with Crippen LogP contribution in [0, 0.1) is 11.3 Å². The topological polar surface area (TPSA) is 50.2 Å². The number of rotatable bonds is 1. The van der Waals surface area contributed by atoms with Crippen molar-refractivity contribution < 1.29 is 9.90 Å². The van der Waals surface area contributed by atoms with Gasteiger partial charge in [-0.1, -0.05) is 20.8 Å². The Hall–Kier alpha value is -1.42. The number of aryl methyl sites for hydroxylation is 1. The lowest BCUT2D eigenvalue weighted by atomic mass is 9.70. The second-order valence-corrected chi connectivity index (χ2v) is 7.75. The number of hydrogen-bond acceptors (Lipinski definition) is 3. The van der Waals surface area contributed by atoms with Crippen LogP contribution < -0.4 is 0 Å².